The highest BCUT2D eigenvalue weighted by Crippen LogP contribution is 2.42. The average molecular weight is 553 g/mol. The fourth-order valence-corrected chi connectivity index (χ4v) is 5.96. The van der Waals surface area contributed by atoms with E-state index in [1.54, 1.807) is 5.57 Å². The molecule has 1 N–H and O–H groups in total. The van der Waals surface area contributed by atoms with Crippen molar-refractivity contribution in [3.8, 4) is 0 Å². The first-order chi connectivity index (χ1) is 19.2. The maximum Gasteiger partial charge on any atom is 0.0585 e. The Balaban J connectivity index is 1.90. The van der Waals surface area contributed by atoms with Crippen LogP contribution in [0.25, 0.3) is 0 Å². The molecule has 0 unspecified atom stereocenters. The molecule has 1 heteroatoms. The third kappa shape index (κ3) is 11.9. The lowest BCUT2D eigenvalue weighted by atomic mass is 9.71. The van der Waals surface area contributed by atoms with Crippen molar-refractivity contribution in [2.45, 2.75) is 107 Å². The van der Waals surface area contributed by atoms with E-state index in [9.17, 15) is 5.11 Å². The van der Waals surface area contributed by atoms with Crippen molar-refractivity contribution in [2.24, 2.45) is 10.8 Å². The maximum atomic E-state index is 10.1. The third-order valence-corrected chi connectivity index (χ3v) is 8.31. The van der Waals surface area contributed by atoms with Crippen LogP contribution < -0.4 is 0 Å². The minimum atomic E-state index is -0.220. The van der Waals surface area contributed by atoms with Crippen molar-refractivity contribution in [1.82, 2.24) is 0 Å². The lowest BCUT2D eigenvalue weighted by Gasteiger charge is -2.35. The first kappa shape index (κ1) is 34.3. The van der Waals surface area contributed by atoms with Crippen LogP contribution in [0.5, 0.6) is 0 Å². The Kier molecular flexibility index (Phi) is 13.3. The summed E-state index contributed by atoms with van der Waals surface area (Å²) >= 11 is 0. The second-order valence-electron chi connectivity index (χ2n) is 13.5. The van der Waals surface area contributed by atoms with Gasteiger partial charge >= 0.3 is 0 Å². The predicted octanol–water partition coefficient (Wildman–Crippen LogP) is 11.6. The largest absolute Gasteiger partial charge is 0.393 e. The minimum absolute atomic E-state index is 0.0128. The molecule has 1 atom stereocenters. The molecule has 0 aromatic heterocycles. The molecule has 1 nitrogen and oxygen atoms in total. The molecule has 41 heavy (non-hydrogen) atoms. The van der Waals surface area contributed by atoms with Gasteiger partial charge in [0, 0.05) is 0 Å². The van der Waals surface area contributed by atoms with E-state index in [2.05, 4.69) is 154 Å². The molecule has 0 aliphatic heterocycles. The van der Waals surface area contributed by atoms with Crippen LogP contribution in [0.15, 0.2) is 130 Å². The lowest BCUT2D eigenvalue weighted by Crippen LogP contribution is -2.28. The zero-order chi connectivity index (χ0) is 30.6. The molecular weight excluding hydrogens is 496 g/mol. The highest BCUT2D eigenvalue weighted by atomic mass is 16.3. The van der Waals surface area contributed by atoms with Crippen molar-refractivity contribution in [2.75, 3.05) is 0 Å². The van der Waals surface area contributed by atoms with Gasteiger partial charge in [0.15, 0.2) is 0 Å². The fourth-order valence-electron chi connectivity index (χ4n) is 5.96. The molecule has 2 aliphatic carbocycles. The van der Waals surface area contributed by atoms with E-state index in [0.717, 1.165) is 12.8 Å². The molecule has 0 saturated heterocycles. The summed E-state index contributed by atoms with van der Waals surface area (Å²) in [4.78, 5) is 0. The summed E-state index contributed by atoms with van der Waals surface area (Å²) in [6.07, 6.45) is 35.5. The highest BCUT2D eigenvalue weighted by molar-refractivity contribution is 5.39. The Hall–Kier alpha value is -2.90. The Morgan fingerprint density at radius 3 is 1.54 bits per heavy atom. The summed E-state index contributed by atoms with van der Waals surface area (Å²) < 4.78 is 0. The van der Waals surface area contributed by atoms with E-state index in [1.807, 2.05) is 0 Å². The molecule has 0 heterocycles. The van der Waals surface area contributed by atoms with Crippen molar-refractivity contribution < 1.29 is 5.11 Å². The van der Waals surface area contributed by atoms with Gasteiger partial charge in [0.05, 0.1) is 6.10 Å². The number of hydrogen-bond donors (Lipinski definition) is 1. The van der Waals surface area contributed by atoms with Crippen molar-refractivity contribution in [1.29, 1.82) is 0 Å². The van der Waals surface area contributed by atoms with Gasteiger partial charge in [-0.1, -0.05) is 146 Å². The summed E-state index contributed by atoms with van der Waals surface area (Å²) in [5.74, 6) is 0. The highest BCUT2D eigenvalue weighted by Gasteiger charge is 2.31. The quantitative estimate of drug-likeness (QED) is 0.267. The second kappa shape index (κ2) is 15.9. The number of aliphatic hydroxyl groups excluding tert-OH is 1. The first-order valence-corrected chi connectivity index (χ1v) is 15.4. The normalized spacial score (nSPS) is 23.5. The van der Waals surface area contributed by atoms with Crippen LogP contribution in [0.2, 0.25) is 0 Å². The van der Waals surface area contributed by atoms with Crippen molar-refractivity contribution in [3.63, 3.8) is 0 Å². The van der Waals surface area contributed by atoms with Crippen molar-refractivity contribution >= 4 is 0 Å². The maximum absolute atomic E-state index is 10.1. The van der Waals surface area contributed by atoms with Gasteiger partial charge < -0.3 is 5.11 Å². The second-order valence-corrected chi connectivity index (χ2v) is 13.5. The van der Waals surface area contributed by atoms with Gasteiger partial charge in [-0.25, -0.2) is 0 Å². The number of rotatable bonds is 10. The van der Waals surface area contributed by atoms with Gasteiger partial charge in [0.2, 0.25) is 0 Å². The molecule has 0 aromatic carbocycles. The zero-order valence-electron chi connectivity index (χ0n) is 27.6. The lowest BCUT2D eigenvalue weighted by molar-refractivity contribution is 0.116. The van der Waals surface area contributed by atoms with Gasteiger partial charge in [-0.3, -0.25) is 0 Å². The Morgan fingerprint density at radius 2 is 1.07 bits per heavy atom. The van der Waals surface area contributed by atoms with Crippen LogP contribution in [-0.4, -0.2) is 11.2 Å². The molecule has 0 aromatic rings. The monoisotopic (exact) mass is 552 g/mol. The van der Waals surface area contributed by atoms with Crippen LogP contribution in [0.4, 0.5) is 0 Å². The van der Waals surface area contributed by atoms with E-state index in [0.29, 0.717) is 0 Å². The van der Waals surface area contributed by atoms with Gasteiger partial charge in [-0.05, 0) is 95.6 Å². The predicted molar refractivity (Wildman–Crippen MR) is 183 cm³/mol. The summed E-state index contributed by atoms with van der Waals surface area (Å²) in [5, 5.41) is 10.1. The molecule has 0 radical (unpaired) electrons. The van der Waals surface area contributed by atoms with Gasteiger partial charge in [0.25, 0.3) is 0 Å². The Bertz CT molecular complexity index is 1250. The van der Waals surface area contributed by atoms with E-state index in [4.69, 9.17) is 0 Å². The van der Waals surface area contributed by atoms with Gasteiger partial charge in [-0.15, -0.1) is 0 Å². The zero-order valence-corrected chi connectivity index (χ0v) is 27.6. The number of allylic oxidation sites excluding steroid dienone is 21. The topological polar surface area (TPSA) is 20.2 Å². The standard InChI is InChI=1S/C40H56O/c1-30(18-13-20-32(3)23-25-37-34(5)22-15-27-39(37,7)8)16-11-12-17-31(2)19-14-21-33(4)24-26-38-35(6)28-36(41)29-40(38,9)10/h11-14,16-21,23-26,36,41H,15,22,27-29H2,1-10H3/b12-11-,18-13+,19-14+,25-23+,26-24+,30-16+,31-17+,32-20+,33-21+/t36-/m1/s1. The molecule has 0 bridgehead atoms. The summed E-state index contributed by atoms with van der Waals surface area (Å²) in [6.45, 7) is 22.2. The Morgan fingerprint density at radius 1 is 0.634 bits per heavy atom. The molecule has 0 fully saturated rings. The molecule has 0 spiro atoms. The average Bonchev–Trinajstić information content (AvgIpc) is 2.84. The molecule has 0 amide bonds. The van der Waals surface area contributed by atoms with Crippen LogP contribution >= 0.6 is 0 Å². The summed E-state index contributed by atoms with van der Waals surface area (Å²) in [6, 6.07) is 0. The Labute approximate surface area is 252 Å². The van der Waals surface area contributed by atoms with Crippen LogP contribution in [0, 0.1) is 10.8 Å². The van der Waals surface area contributed by atoms with Crippen LogP contribution in [-0.2, 0) is 0 Å². The number of hydrogen-bond acceptors (Lipinski definition) is 1. The van der Waals surface area contributed by atoms with Gasteiger partial charge in [-0.2, -0.15) is 0 Å². The fraction of sp³-hybridized carbons (Fsp3) is 0.450. The van der Waals surface area contributed by atoms with Gasteiger partial charge in [0.1, 0.15) is 0 Å². The minimum Gasteiger partial charge on any atom is -0.393 e. The van der Waals surface area contributed by atoms with Crippen molar-refractivity contribution in [3.05, 3.63) is 130 Å². The number of aliphatic hydroxyl groups is 1. The third-order valence-electron chi connectivity index (χ3n) is 8.31. The molecule has 2 rings (SSSR count). The van der Waals surface area contributed by atoms with E-state index in [-0.39, 0.29) is 16.9 Å². The SMILES string of the molecule is CC1=C(/C=C/C(C)=C/C=C/C(C)=C/C=C\C=C(C)\C=C\C=C(C)\C=C\C2=C(C)C[C@@H](O)CC2(C)C)C(C)(C)CCC1. The molecular formula is C40H56O. The smallest absolute Gasteiger partial charge is 0.0585 e. The molecule has 0 saturated carbocycles. The van der Waals surface area contributed by atoms with E-state index in [1.165, 1.54) is 58.3 Å². The molecule has 2 aliphatic rings. The summed E-state index contributed by atoms with van der Waals surface area (Å²) in [5.41, 5.74) is 10.9. The first-order valence-electron chi connectivity index (χ1n) is 15.4. The van der Waals surface area contributed by atoms with Crippen LogP contribution in [0.1, 0.15) is 101 Å². The van der Waals surface area contributed by atoms with E-state index >= 15 is 0 Å². The van der Waals surface area contributed by atoms with E-state index < -0.39 is 0 Å². The molecule has 222 valence electrons. The summed E-state index contributed by atoms with van der Waals surface area (Å²) in [7, 11) is 0. The van der Waals surface area contributed by atoms with Crippen LogP contribution in [0.3, 0.4) is 0 Å².